The normalized spacial score (nSPS) is 14.2. The van der Waals surface area contributed by atoms with Gasteiger partial charge in [0.1, 0.15) is 0 Å². The number of rotatable bonds is 4. The van der Waals surface area contributed by atoms with Crippen LogP contribution in [0.4, 0.5) is 11.4 Å². The number of hydrogen-bond acceptors (Lipinski definition) is 4. The third kappa shape index (κ3) is 4.10. The number of benzene rings is 2. The highest BCUT2D eigenvalue weighted by Gasteiger charge is 2.19. The van der Waals surface area contributed by atoms with E-state index in [0.29, 0.717) is 48.3 Å². The number of aromatic carboxylic acids is 1. The van der Waals surface area contributed by atoms with Crippen molar-refractivity contribution in [2.24, 2.45) is 0 Å². The molecule has 0 unspecified atom stereocenters. The number of ether oxygens (including phenoxy) is 1. The van der Waals surface area contributed by atoms with Crippen LogP contribution in [-0.2, 0) is 4.74 Å². The first-order chi connectivity index (χ1) is 12.0. The number of carbonyl (C=O) groups excluding carboxylic acids is 1. The maximum absolute atomic E-state index is 12.3. The summed E-state index contributed by atoms with van der Waals surface area (Å²) in [6.45, 7) is 2.40. The minimum Gasteiger partial charge on any atom is -0.478 e. The molecule has 1 saturated heterocycles. The Bertz CT molecular complexity index is 786. The van der Waals surface area contributed by atoms with Crippen molar-refractivity contribution < 1.29 is 19.4 Å². The van der Waals surface area contributed by atoms with Gasteiger partial charge < -0.3 is 20.1 Å². The molecule has 1 heterocycles. The molecular weight excluding hydrogens is 344 g/mol. The zero-order valence-electron chi connectivity index (χ0n) is 13.4. The van der Waals surface area contributed by atoms with E-state index in [-0.39, 0.29) is 11.5 Å². The topological polar surface area (TPSA) is 78.9 Å². The lowest BCUT2D eigenvalue weighted by Crippen LogP contribution is -2.37. The van der Waals surface area contributed by atoms with E-state index in [1.54, 1.807) is 36.4 Å². The summed E-state index contributed by atoms with van der Waals surface area (Å²) in [5.41, 5.74) is 1.64. The number of carboxylic acids is 1. The quantitative estimate of drug-likeness (QED) is 0.875. The number of anilines is 2. The minimum absolute atomic E-state index is 0.149. The number of carboxylic acid groups (broad SMARTS) is 1. The monoisotopic (exact) mass is 360 g/mol. The van der Waals surface area contributed by atoms with Gasteiger partial charge in [-0.2, -0.15) is 0 Å². The van der Waals surface area contributed by atoms with Crippen molar-refractivity contribution in [1.29, 1.82) is 0 Å². The van der Waals surface area contributed by atoms with Crippen molar-refractivity contribution in [3.8, 4) is 0 Å². The molecule has 1 amide bonds. The third-order valence-electron chi connectivity index (χ3n) is 3.94. The average Bonchev–Trinajstić information content (AvgIpc) is 2.63. The van der Waals surface area contributed by atoms with Crippen LogP contribution in [0.25, 0.3) is 0 Å². The van der Waals surface area contributed by atoms with E-state index in [0.717, 1.165) is 0 Å². The van der Waals surface area contributed by atoms with Crippen molar-refractivity contribution in [2.45, 2.75) is 0 Å². The molecule has 6 nitrogen and oxygen atoms in total. The number of hydrogen-bond donors (Lipinski definition) is 2. The van der Waals surface area contributed by atoms with Gasteiger partial charge >= 0.3 is 5.97 Å². The third-order valence-corrected chi connectivity index (χ3v) is 4.19. The number of halogens is 1. The van der Waals surface area contributed by atoms with Gasteiger partial charge in [-0.25, -0.2) is 4.79 Å². The molecule has 0 aliphatic carbocycles. The molecular formula is C18H17ClN2O4. The largest absolute Gasteiger partial charge is 0.478 e. The lowest BCUT2D eigenvalue weighted by atomic mass is 10.1. The van der Waals surface area contributed by atoms with Crippen molar-refractivity contribution in [2.75, 3.05) is 36.5 Å². The molecule has 130 valence electrons. The van der Waals surface area contributed by atoms with Crippen molar-refractivity contribution in [3.63, 3.8) is 0 Å². The lowest BCUT2D eigenvalue weighted by molar-refractivity contribution is 0.0696. The predicted octanol–water partition coefficient (Wildman–Crippen LogP) is 3.13. The van der Waals surface area contributed by atoms with Crippen LogP contribution in [0.15, 0.2) is 42.5 Å². The van der Waals surface area contributed by atoms with E-state index in [1.165, 1.54) is 6.07 Å². The fraction of sp³-hybridized carbons (Fsp3) is 0.222. The summed E-state index contributed by atoms with van der Waals surface area (Å²) in [4.78, 5) is 25.9. The molecule has 1 aliphatic rings. The Morgan fingerprint density at radius 2 is 1.76 bits per heavy atom. The van der Waals surface area contributed by atoms with Gasteiger partial charge in [0.05, 0.1) is 24.5 Å². The van der Waals surface area contributed by atoms with Crippen LogP contribution in [0.3, 0.4) is 0 Å². The summed E-state index contributed by atoms with van der Waals surface area (Å²) in [7, 11) is 0. The fourth-order valence-electron chi connectivity index (χ4n) is 2.67. The summed E-state index contributed by atoms with van der Waals surface area (Å²) >= 11 is 5.81. The first-order valence-corrected chi connectivity index (χ1v) is 8.19. The Hall–Kier alpha value is -2.57. The van der Waals surface area contributed by atoms with Crippen LogP contribution in [0.2, 0.25) is 5.02 Å². The number of carbonyl (C=O) groups is 2. The van der Waals surface area contributed by atoms with Crippen LogP contribution in [0.5, 0.6) is 0 Å². The van der Waals surface area contributed by atoms with Gasteiger partial charge in [0.15, 0.2) is 0 Å². The van der Waals surface area contributed by atoms with Crippen molar-refractivity contribution in [1.82, 2.24) is 0 Å². The highest BCUT2D eigenvalue weighted by Crippen LogP contribution is 2.26. The number of morpholine rings is 1. The van der Waals surface area contributed by atoms with E-state index in [4.69, 9.17) is 16.3 Å². The molecule has 2 aromatic rings. The van der Waals surface area contributed by atoms with Gasteiger partial charge in [-0.3, -0.25) is 4.79 Å². The van der Waals surface area contributed by atoms with Gasteiger partial charge in [-0.05, 0) is 42.5 Å². The summed E-state index contributed by atoms with van der Waals surface area (Å²) in [5, 5.41) is 12.8. The Balaban J connectivity index is 1.82. The second-order valence-electron chi connectivity index (χ2n) is 5.60. The molecule has 0 radical (unpaired) electrons. The Morgan fingerprint density at radius 1 is 1.08 bits per heavy atom. The number of nitrogens with zero attached hydrogens (tertiary/aromatic N) is 1. The number of amides is 1. The summed E-state index contributed by atoms with van der Waals surface area (Å²) in [6, 6.07) is 11.4. The van der Waals surface area contributed by atoms with E-state index in [9.17, 15) is 14.7 Å². The highest BCUT2D eigenvalue weighted by atomic mass is 35.5. The van der Waals surface area contributed by atoms with E-state index in [1.807, 2.05) is 4.90 Å². The smallest absolute Gasteiger partial charge is 0.337 e. The van der Waals surface area contributed by atoms with Crippen molar-refractivity contribution in [3.05, 3.63) is 58.6 Å². The molecule has 25 heavy (non-hydrogen) atoms. The fourth-order valence-corrected chi connectivity index (χ4v) is 2.80. The van der Waals surface area contributed by atoms with E-state index >= 15 is 0 Å². The number of nitrogens with one attached hydrogen (secondary N) is 1. The van der Waals surface area contributed by atoms with Gasteiger partial charge in [0.2, 0.25) is 0 Å². The van der Waals surface area contributed by atoms with Gasteiger partial charge in [-0.15, -0.1) is 0 Å². The highest BCUT2D eigenvalue weighted by molar-refractivity contribution is 6.30. The Kier molecular flexibility index (Phi) is 5.21. The maximum Gasteiger partial charge on any atom is 0.337 e. The second kappa shape index (κ2) is 7.55. The second-order valence-corrected chi connectivity index (χ2v) is 6.03. The van der Waals surface area contributed by atoms with E-state index < -0.39 is 5.97 Å². The molecule has 1 fully saturated rings. The molecule has 0 atom stereocenters. The van der Waals surface area contributed by atoms with Gasteiger partial charge in [-0.1, -0.05) is 11.6 Å². The summed E-state index contributed by atoms with van der Waals surface area (Å²) < 4.78 is 5.30. The molecule has 2 N–H and O–H groups in total. The Morgan fingerprint density at radius 3 is 2.40 bits per heavy atom. The molecule has 0 aromatic heterocycles. The summed E-state index contributed by atoms with van der Waals surface area (Å²) in [5.74, 6) is -1.36. The standard InChI is InChI=1S/C18H17ClN2O4/c19-13-3-1-12(2-4-13)17(22)20-14-5-6-16(15(11-14)18(23)24)21-7-9-25-10-8-21/h1-6,11H,7-10H2,(H,20,22)(H,23,24). The maximum atomic E-state index is 12.3. The molecule has 3 rings (SSSR count). The van der Waals surface area contributed by atoms with Crippen LogP contribution >= 0.6 is 11.6 Å². The minimum atomic E-state index is -1.04. The van der Waals surface area contributed by atoms with E-state index in [2.05, 4.69) is 5.32 Å². The molecule has 0 bridgehead atoms. The van der Waals surface area contributed by atoms with Crippen LogP contribution in [0, 0.1) is 0 Å². The van der Waals surface area contributed by atoms with Crippen LogP contribution in [0.1, 0.15) is 20.7 Å². The molecule has 2 aromatic carbocycles. The van der Waals surface area contributed by atoms with Crippen molar-refractivity contribution >= 4 is 34.9 Å². The first-order valence-electron chi connectivity index (χ1n) is 7.81. The molecule has 1 aliphatic heterocycles. The summed E-state index contributed by atoms with van der Waals surface area (Å²) in [6.07, 6.45) is 0. The first kappa shape index (κ1) is 17.3. The van der Waals surface area contributed by atoms with Gasteiger partial charge in [0.25, 0.3) is 5.91 Å². The SMILES string of the molecule is O=C(Nc1ccc(N2CCOCC2)c(C(=O)O)c1)c1ccc(Cl)cc1. The van der Waals surface area contributed by atoms with Crippen LogP contribution in [-0.4, -0.2) is 43.3 Å². The molecule has 7 heteroatoms. The lowest BCUT2D eigenvalue weighted by Gasteiger charge is -2.30. The zero-order chi connectivity index (χ0) is 17.8. The van der Waals surface area contributed by atoms with Crippen LogP contribution < -0.4 is 10.2 Å². The molecule has 0 saturated carbocycles. The Labute approximate surface area is 150 Å². The predicted molar refractivity (Wildman–Crippen MR) is 95.8 cm³/mol. The average molecular weight is 361 g/mol. The zero-order valence-corrected chi connectivity index (χ0v) is 14.1. The van der Waals surface area contributed by atoms with Gasteiger partial charge in [0, 0.05) is 29.4 Å². The molecule has 0 spiro atoms.